The lowest BCUT2D eigenvalue weighted by molar-refractivity contribution is -0.0698. The Morgan fingerprint density at radius 3 is 2.94 bits per heavy atom. The van der Waals surface area contributed by atoms with Gasteiger partial charge in [-0.3, -0.25) is 0 Å². The fourth-order valence-corrected chi connectivity index (χ4v) is 2.17. The third-order valence-electron chi connectivity index (χ3n) is 3.22. The highest BCUT2D eigenvalue weighted by Gasteiger charge is 2.25. The first-order valence-electron chi connectivity index (χ1n) is 7.16. The lowest BCUT2D eigenvalue weighted by Gasteiger charge is -2.32. The quantitative estimate of drug-likeness (QED) is 0.665. The van der Waals surface area contributed by atoms with Crippen molar-refractivity contribution in [2.75, 3.05) is 26.4 Å². The molecule has 1 aliphatic rings. The first-order valence-corrected chi connectivity index (χ1v) is 7.16. The van der Waals surface area contributed by atoms with E-state index in [4.69, 9.17) is 9.47 Å². The van der Waals surface area contributed by atoms with Crippen molar-refractivity contribution in [1.82, 2.24) is 5.32 Å². The number of rotatable bonds is 8. The second-order valence-corrected chi connectivity index (χ2v) is 5.37. The van der Waals surface area contributed by atoms with Gasteiger partial charge in [0.05, 0.1) is 12.7 Å². The number of nitrogens with one attached hydrogen (secondary N) is 1. The van der Waals surface area contributed by atoms with Gasteiger partial charge in [0, 0.05) is 19.3 Å². The van der Waals surface area contributed by atoms with E-state index in [0.29, 0.717) is 6.04 Å². The molecule has 0 aromatic rings. The molecule has 3 nitrogen and oxygen atoms in total. The van der Waals surface area contributed by atoms with Crippen LogP contribution in [0.25, 0.3) is 0 Å². The van der Waals surface area contributed by atoms with Gasteiger partial charge in [-0.25, -0.2) is 0 Å². The lowest BCUT2D eigenvalue weighted by Crippen LogP contribution is -2.48. The highest BCUT2D eigenvalue weighted by molar-refractivity contribution is 4.80. The predicted octanol–water partition coefficient (Wildman–Crippen LogP) is 2.60. The van der Waals surface area contributed by atoms with Crippen molar-refractivity contribution in [2.24, 2.45) is 5.92 Å². The topological polar surface area (TPSA) is 30.5 Å². The SMILES string of the molecule is CCCNC1CCOCC1OCCCC(C)C. The van der Waals surface area contributed by atoms with Gasteiger partial charge >= 0.3 is 0 Å². The molecule has 1 N–H and O–H groups in total. The minimum absolute atomic E-state index is 0.252. The molecule has 0 amide bonds. The summed E-state index contributed by atoms with van der Waals surface area (Å²) in [7, 11) is 0. The summed E-state index contributed by atoms with van der Waals surface area (Å²) in [5, 5.41) is 3.57. The molecule has 0 bridgehead atoms. The second-order valence-electron chi connectivity index (χ2n) is 5.37. The van der Waals surface area contributed by atoms with Crippen LogP contribution in [0.2, 0.25) is 0 Å². The zero-order chi connectivity index (χ0) is 12.5. The van der Waals surface area contributed by atoms with Crippen molar-refractivity contribution in [1.29, 1.82) is 0 Å². The lowest BCUT2D eigenvalue weighted by atomic mass is 10.1. The summed E-state index contributed by atoms with van der Waals surface area (Å²) >= 11 is 0. The monoisotopic (exact) mass is 243 g/mol. The maximum Gasteiger partial charge on any atom is 0.0961 e. The minimum Gasteiger partial charge on any atom is -0.379 e. The van der Waals surface area contributed by atoms with E-state index in [0.717, 1.165) is 45.1 Å². The Labute approximate surface area is 106 Å². The maximum atomic E-state index is 5.96. The Balaban J connectivity index is 2.18. The summed E-state index contributed by atoms with van der Waals surface area (Å²) in [4.78, 5) is 0. The molecule has 102 valence electrons. The highest BCUT2D eigenvalue weighted by Crippen LogP contribution is 2.13. The average molecular weight is 243 g/mol. The molecule has 1 saturated heterocycles. The first-order chi connectivity index (χ1) is 8.24. The third-order valence-corrected chi connectivity index (χ3v) is 3.22. The molecule has 3 heteroatoms. The van der Waals surface area contributed by atoms with Crippen LogP contribution in [-0.2, 0) is 9.47 Å². The van der Waals surface area contributed by atoms with E-state index in [1.807, 2.05) is 0 Å². The van der Waals surface area contributed by atoms with Crippen LogP contribution >= 0.6 is 0 Å². The Kier molecular flexibility index (Phi) is 7.82. The standard InChI is InChI=1S/C14H29NO2/c1-4-8-15-13-7-10-16-11-14(13)17-9-5-6-12(2)3/h12-15H,4-11H2,1-3H3. The van der Waals surface area contributed by atoms with Crippen molar-refractivity contribution in [3.63, 3.8) is 0 Å². The Bertz CT molecular complexity index is 185. The first kappa shape index (κ1) is 14.9. The van der Waals surface area contributed by atoms with Crippen molar-refractivity contribution >= 4 is 0 Å². The highest BCUT2D eigenvalue weighted by atomic mass is 16.5. The smallest absolute Gasteiger partial charge is 0.0961 e. The van der Waals surface area contributed by atoms with Crippen LogP contribution in [0.5, 0.6) is 0 Å². The fraction of sp³-hybridized carbons (Fsp3) is 1.00. The van der Waals surface area contributed by atoms with E-state index in [-0.39, 0.29) is 6.10 Å². The third kappa shape index (κ3) is 6.39. The molecule has 2 unspecified atom stereocenters. The molecule has 0 aromatic carbocycles. The van der Waals surface area contributed by atoms with E-state index in [9.17, 15) is 0 Å². The second kappa shape index (κ2) is 8.90. The van der Waals surface area contributed by atoms with Crippen LogP contribution in [0, 0.1) is 5.92 Å². The summed E-state index contributed by atoms with van der Waals surface area (Å²) in [6, 6.07) is 0.489. The molecule has 1 aliphatic heterocycles. The van der Waals surface area contributed by atoms with Crippen LogP contribution in [0.3, 0.4) is 0 Å². The summed E-state index contributed by atoms with van der Waals surface area (Å²) in [5.74, 6) is 0.773. The number of ether oxygens (including phenoxy) is 2. The van der Waals surface area contributed by atoms with Gasteiger partial charge in [0.25, 0.3) is 0 Å². The van der Waals surface area contributed by atoms with Crippen LogP contribution in [0.1, 0.15) is 46.5 Å². The largest absolute Gasteiger partial charge is 0.379 e. The molecule has 1 fully saturated rings. The molecular weight excluding hydrogens is 214 g/mol. The van der Waals surface area contributed by atoms with Crippen molar-refractivity contribution in [3.05, 3.63) is 0 Å². The molecule has 0 radical (unpaired) electrons. The van der Waals surface area contributed by atoms with Crippen molar-refractivity contribution in [2.45, 2.75) is 58.6 Å². The molecule has 0 saturated carbocycles. The fourth-order valence-electron chi connectivity index (χ4n) is 2.17. The summed E-state index contributed by atoms with van der Waals surface area (Å²) < 4.78 is 11.5. The Morgan fingerprint density at radius 2 is 2.24 bits per heavy atom. The van der Waals surface area contributed by atoms with Gasteiger partial charge in [0.15, 0.2) is 0 Å². The number of hydrogen-bond donors (Lipinski definition) is 1. The van der Waals surface area contributed by atoms with E-state index < -0.39 is 0 Å². The van der Waals surface area contributed by atoms with Crippen molar-refractivity contribution < 1.29 is 9.47 Å². The van der Waals surface area contributed by atoms with Crippen LogP contribution in [0.15, 0.2) is 0 Å². The Morgan fingerprint density at radius 1 is 1.41 bits per heavy atom. The van der Waals surface area contributed by atoms with Gasteiger partial charge in [-0.1, -0.05) is 20.8 Å². The zero-order valence-corrected chi connectivity index (χ0v) is 11.7. The zero-order valence-electron chi connectivity index (χ0n) is 11.7. The minimum atomic E-state index is 0.252. The molecule has 17 heavy (non-hydrogen) atoms. The van der Waals surface area contributed by atoms with Gasteiger partial charge in [0.1, 0.15) is 0 Å². The summed E-state index contributed by atoms with van der Waals surface area (Å²) in [5.41, 5.74) is 0. The van der Waals surface area contributed by atoms with E-state index in [1.165, 1.54) is 12.8 Å². The van der Waals surface area contributed by atoms with Crippen LogP contribution in [0.4, 0.5) is 0 Å². The normalized spacial score (nSPS) is 25.4. The molecule has 0 aromatic heterocycles. The number of hydrogen-bond acceptors (Lipinski definition) is 3. The van der Waals surface area contributed by atoms with Crippen molar-refractivity contribution in [3.8, 4) is 0 Å². The molecule has 1 rings (SSSR count). The van der Waals surface area contributed by atoms with Gasteiger partial charge in [-0.2, -0.15) is 0 Å². The molecular formula is C14H29NO2. The van der Waals surface area contributed by atoms with Gasteiger partial charge in [-0.15, -0.1) is 0 Å². The van der Waals surface area contributed by atoms with Crippen LogP contribution < -0.4 is 5.32 Å². The molecule has 2 atom stereocenters. The van der Waals surface area contributed by atoms with Gasteiger partial charge < -0.3 is 14.8 Å². The predicted molar refractivity (Wildman–Crippen MR) is 71.3 cm³/mol. The summed E-state index contributed by atoms with van der Waals surface area (Å²) in [6.45, 7) is 10.3. The van der Waals surface area contributed by atoms with E-state index >= 15 is 0 Å². The van der Waals surface area contributed by atoms with E-state index in [2.05, 4.69) is 26.1 Å². The average Bonchev–Trinajstić information content (AvgIpc) is 2.33. The maximum absolute atomic E-state index is 5.96. The van der Waals surface area contributed by atoms with Crippen LogP contribution in [-0.4, -0.2) is 38.5 Å². The Hall–Kier alpha value is -0.120. The summed E-state index contributed by atoms with van der Waals surface area (Å²) in [6.07, 6.45) is 4.92. The molecule has 1 heterocycles. The van der Waals surface area contributed by atoms with Gasteiger partial charge in [-0.05, 0) is 38.1 Å². The van der Waals surface area contributed by atoms with Gasteiger partial charge in [0.2, 0.25) is 0 Å². The molecule has 0 spiro atoms. The van der Waals surface area contributed by atoms with E-state index in [1.54, 1.807) is 0 Å². The molecule has 0 aliphatic carbocycles.